The highest BCUT2D eigenvalue weighted by molar-refractivity contribution is 7.91. The van der Waals surface area contributed by atoms with Gasteiger partial charge in [0.1, 0.15) is 5.75 Å². The third-order valence-corrected chi connectivity index (χ3v) is 5.73. The summed E-state index contributed by atoms with van der Waals surface area (Å²) in [5, 5.41) is 3.05. The van der Waals surface area contributed by atoms with Crippen molar-refractivity contribution in [1.82, 2.24) is 5.32 Å². The van der Waals surface area contributed by atoms with Gasteiger partial charge < -0.3 is 10.1 Å². The summed E-state index contributed by atoms with van der Waals surface area (Å²) in [4.78, 5) is 24.0. The number of halogens is 1. The predicted octanol–water partition coefficient (Wildman–Crippen LogP) is 2.50. The molecule has 0 radical (unpaired) electrons. The minimum Gasteiger partial charge on any atom is -0.484 e. The Bertz CT molecular complexity index is 893. The van der Waals surface area contributed by atoms with Crippen LogP contribution in [-0.2, 0) is 14.6 Å². The van der Waals surface area contributed by atoms with E-state index in [1.54, 1.807) is 55.5 Å². The van der Waals surface area contributed by atoms with Crippen LogP contribution in [-0.4, -0.2) is 44.8 Å². The first kappa shape index (κ1) is 20.9. The lowest BCUT2D eigenvalue weighted by Crippen LogP contribution is -2.33. The van der Waals surface area contributed by atoms with Crippen LogP contribution in [0.2, 0.25) is 5.02 Å². The maximum Gasteiger partial charge on any atom is 0.257 e. The number of benzene rings is 2. The first-order valence-electron chi connectivity index (χ1n) is 8.31. The van der Waals surface area contributed by atoms with E-state index in [-0.39, 0.29) is 30.4 Å². The highest BCUT2D eigenvalue weighted by atomic mass is 35.5. The normalized spacial score (nSPS) is 11.0. The van der Waals surface area contributed by atoms with Crippen LogP contribution in [0, 0.1) is 0 Å². The van der Waals surface area contributed by atoms with Crippen molar-refractivity contribution in [2.45, 2.75) is 6.92 Å². The molecule has 0 unspecified atom stereocenters. The van der Waals surface area contributed by atoms with E-state index in [2.05, 4.69) is 5.32 Å². The quantitative estimate of drug-likeness (QED) is 0.643. The van der Waals surface area contributed by atoms with Crippen LogP contribution in [0.5, 0.6) is 5.75 Å². The smallest absolute Gasteiger partial charge is 0.257 e. The number of ketones is 1. The van der Waals surface area contributed by atoms with Crippen LogP contribution < -0.4 is 10.1 Å². The molecule has 1 amide bonds. The molecular weight excluding hydrogens is 390 g/mol. The number of hydrogen-bond donors (Lipinski definition) is 1. The molecule has 0 aliphatic rings. The van der Waals surface area contributed by atoms with Gasteiger partial charge in [0.15, 0.2) is 22.2 Å². The van der Waals surface area contributed by atoms with E-state index in [0.29, 0.717) is 21.9 Å². The Labute approximate surface area is 163 Å². The van der Waals surface area contributed by atoms with Crippen molar-refractivity contribution in [1.29, 1.82) is 0 Å². The molecule has 0 heterocycles. The van der Waals surface area contributed by atoms with Crippen molar-refractivity contribution in [3.8, 4) is 5.75 Å². The predicted molar refractivity (Wildman–Crippen MR) is 104 cm³/mol. The van der Waals surface area contributed by atoms with Gasteiger partial charge in [-0.05, 0) is 48.5 Å². The number of amides is 1. The molecule has 8 heteroatoms. The zero-order valence-corrected chi connectivity index (χ0v) is 16.3. The number of nitrogens with one attached hydrogen (secondary N) is 1. The minimum absolute atomic E-state index is 0.0421. The second-order valence-corrected chi connectivity index (χ2v) is 8.64. The van der Waals surface area contributed by atoms with Crippen LogP contribution in [0.25, 0.3) is 0 Å². The fourth-order valence-corrected chi connectivity index (χ4v) is 2.99. The van der Waals surface area contributed by atoms with E-state index >= 15 is 0 Å². The van der Waals surface area contributed by atoms with Gasteiger partial charge in [-0.1, -0.05) is 18.5 Å². The third-order valence-electron chi connectivity index (χ3n) is 3.77. The van der Waals surface area contributed by atoms with Gasteiger partial charge in [0, 0.05) is 28.4 Å². The lowest BCUT2D eigenvalue weighted by atomic mass is 10.0. The van der Waals surface area contributed by atoms with E-state index < -0.39 is 15.7 Å². The first-order chi connectivity index (χ1) is 12.8. The Morgan fingerprint density at radius 1 is 1.00 bits per heavy atom. The van der Waals surface area contributed by atoms with E-state index in [0.717, 1.165) is 0 Å². The summed E-state index contributed by atoms with van der Waals surface area (Å²) in [6, 6.07) is 13.0. The molecule has 1 N–H and O–H groups in total. The zero-order chi connectivity index (χ0) is 19.9. The summed E-state index contributed by atoms with van der Waals surface area (Å²) < 4.78 is 28.0. The number of carbonyl (C=O) groups is 2. The van der Waals surface area contributed by atoms with E-state index in [1.807, 2.05) is 0 Å². The molecule has 0 atom stereocenters. The molecule has 0 saturated heterocycles. The van der Waals surface area contributed by atoms with Crippen LogP contribution in [0.3, 0.4) is 0 Å². The largest absolute Gasteiger partial charge is 0.484 e. The van der Waals surface area contributed by atoms with Crippen molar-refractivity contribution in [3.63, 3.8) is 0 Å². The second-order valence-electron chi connectivity index (χ2n) is 5.74. The highest BCUT2D eigenvalue weighted by Gasteiger charge is 2.11. The van der Waals surface area contributed by atoms with Gasteiger partial charge in [0.2, 0.25) is 0 Å². The number of hydrogen-bond acceptors (Lipinski definition) is 5. The lowest BCUT2D eigenvalue weighted by Gasteiger charge is -2.08. The van der Waals surface area contributed by atoms with Crippen molar-refractivity contribution in [2.75, 3.05) is 24.7 Å². The maximum absolute atomic E-state index is 12.4. The van der Waals surface area contributed by atoms with Crippen molar-refractivity contribution in [2.24, 2.45) is 0 Å². The van der Waals surface area contributed by atoms with Crippen LogP contribution in [0.1, 0.15) is 22.8 Å². The topological polar surface area (TPSA) is 89.5 Å². The average Bonchev–Trinajstić information content (AvgIpc) is 2.67. The maximum atomic E-state index is 12.4. The summed E-state index contributed by atoms with van der Waals surface area (Å²) in [7, 11) is -3.12. The molecule has 0 aliphatic carbocycles. The fourth-order valence-electron chi connectivity index (χ4n) is 2.16. The van der Waals surface area contributed by atoms with Gasteiger partial charge >= 0.3 is 0 Å². The SMILES string of the molecule is CCS(=O)(=O)CCNC(=O)COc1ccc(C(=O)c2ccc(Cl)cc2)cc1. The molecule has 2 rings (SSSR count). The molecule has 0 bridgehead atoms. The Morgan fingerprint density at radius 2 is 1.56 bits per heavy atom. The molecule has 144 valence electrons. The molecule has 0 spiro atoms. The molecule has 0 aliphatic heterocycles. The van der Waals surface area contributed by atoms with Crippen molar-refractivity contribution >= 4 is 33.1 Å². The number of sulfone groups is 1. The molecular formula is C19H20ClNO5S. The summed E-state index contributed by atoms with van der Waals surface area (Å²) in [5.41, 5.74) is 1.01. The van der Waals surface area contributed by atoms with Gasteiger partial charge in [-0.2, -0.15) is 0 Å². The molecule has 0 fully saturated rings. The Morgan fingerprint density at radius 3 is 2.11 bits per heavy atom. The summed E-state index contributed by atoms with van der Waals surface area (Å²) in [6.07, 6.45) is 0. The Hall–Kier alpha value is -2.38. The number of ether oxygens (including phenoxy) is 1. The molecule has 0 saturated carbocycles. The van der Waals surface area contributed by atoms with Gasteiger partial charge in [-0.15, -0.1) is 0 Å². The minimum atomic E-state index is -3.12. The van der Waals surface area contributed by atoms with Crippen LogP contribution >= 0.6 is 11.6 Å². The summed E-state index contributed by atoms with van der Waals surface area (Å²) in [6.45, 7) is 1.37. The fraction of sp³-hybridized carbons (Fsp3) is 0.263. The van der Waals surface area contributed by atoms with E-state index in [1.165, 1.54) is 0 Å². The van der Waals surface area contributed by atoms with Gasteiger partial charge in [0.25, 0.3) is 5.91 Å². The summed E-state index contributed by atoms with van der Waals surface area (Å²) >= 11 is 5.81. The van der Waals surface area contributed by atoms with Gasteiger partial charge in [0.05, 0.1) is 5.75 Å². The van der Waals surface area contributed by atoms with Crippen molar-refractivity contribution in [3.05, 3.63) is 64.7 Å². The molecule has 2 aromatic carbocycles. The van der Waals surface area contributed by atoms with Gasteiger partial charge in [-0.3, -0.25) is 9.59 Å². The zero-order valence-electron chi connectivity index (χ0n) is 14.8. The highest BCUT2D eigenvalue weighted by Crippen LogP contribution is 2.17. The average molecular weight is 410 g/mol. The number of carbonyl (C=O) groups excluding carboxylic acids is 2. The van der Waals surface area contributed by atoms with Crippen molar-refractivity contribution < 1.29 is 22.7 Å². The third kappa shape index (κ3) is 6.69. The molecule has 0 aromatic heterocycles. The Kier molecular flexibility index (Phi) is 7.38. The molecule has 27 heavy (non-hydrogen) atoms. The van der Waals surface area contributed by atoms with E-state index in [9.17, 15) is 18.0 Å². The van der Waals surface area contributed by atoms with Gasteiger partial charge in [-0.25, -0.2) is 8.42 Å². The van der Waals surface area contributed by atoms with Crippen LogP contribution in [0.4, 0.5) is 0 Å². The molecule has 6 nitrogen and oxygen atoms in total. The summed E-state index contributed by atoms with van der Waals surface area (Å²) in [5.74, 6) is -0.188. The first-order valence-corrected chi connectivity index (χ1v) is 10.5. The van der Waals surface area contributed by atoms with Crippen LogP contribution in [0.15, 0.2) is 48.5 Å². The second kappa shape index (κ2) is 9.53. The van der Waals surface area contributed by atoms with E-state index in [4.69, 9.17) is 16.3 Å². The lowest BCUT2D eigenvalue weighted by molar-refractivity contribution is -0.122. The number of rotatable bonds is 9. The monoisotopic (exact) mass is 409 g/mol. The Balaban J connectivity index is 1.84. The molecule has 2 aromatic rings. The standard InChI is InChI=1S/C19H20ClNO5S/c1-2-27(24,25)12-11-21-18(22)13-26-17-9-5-15(6-10-17)19(23)14-3-7-16(20)8-4-14/h3-10H,2,11-13H2,1H3,(H,21,22).